The Morgan fingerprint density at radius 2 is 1.06 bits per heavy atom. The van der Waals surface area contributed by atoms with Gasteiger partial charge in [-0.15, -0.1) is 0 Å². The van der Waals surface area contributed by atoms with Crippen LogP contribution in [0.3, 0.4) is 0 Å². The molecule has 0 saturated carbocycles. The Morgan fingerprint density at radius 3 is 1.75 bits per heavy atom. The Kier molecular flexibility index (Phi) is 10.6. The number of anilines is 4. The fourth-order valence-corrected chi connectivity index (χ4v) is 9.33. The number of nitrogens with zero attached hydrogens (tertiary/aromatic N) is 4. The van der Waals surface area contributed by atoms with Gasteiger partial charge in [0.25, 0.3) is 0 Å². The maximum atomic E-state index is 14.7. The van der Waals surface area contributed by atoms with E-state index in [-0.39, 0.29) is 16.2 Å². The minimum atomic E-state index is -0.616. The van der Waals surface area contributed by atoms with Crippen LogP contribution < -0.4 is 14.5 Å². The number of hydrogen-bond donors (Lipinski definition) is 0. The summed E-state index contributed by atoms with van der Waals surface area (Å²) in [6.07, 6.45) is 1.90. The fraction of sp³-hybridized carbons (Fsp3) is 0.217. The summed E-state index contributed by atoms with van der Waals surface area (Å²) in [5.74, 6) is 1.01. The minimum absolute atomic E-state index is 0.0511. The van der Waals surface area contributed by atoms with Gasteiger partial charge in [-0.1, -0.05) is 129 Å². The SMILES string of the molecule is CC(C)(C)c1cc(-c2cc(Oc3ccc4c5ccccc5n(-c5cc(C(C)(C)C)ccn5)c4c3)cc(N3CN(c4ccccc4-c4cc(F)cc(F)c4)c4ccccc43)c2)cc(C(C)(C)C)c1. The van der Waals surface area contributed by atoms with Gasteiger partial charge in [-0.3, -0.25) is 4.57 Å². The molecule has 7 aromatic carbocycles. The van der Waals surface area contributed by atoms with Crippen molar-refractivity contribution in [3.63, 3.8) is 0 Å². The molecule has 5 nitrogen and oxygen atoms in total. The van der Waals surface area contributed by atoms with Crippen molar-refractivity contribution in [2.75, 3.05) is 16.5 Å². The predicted molar refractivity (Wildman–Crippen MR) is 274 cm³/mol. The summed E-state index contributed by atoms with van der Waals surface area (Å²) >= 11 is 0. The number of para-hydroxylation sites is 4. The van der Waals surface area contributed by atoms with Crippen LogP contribution >= 0.6 is 0 Å². The molecule has 67 heavy (non-hydrogen) atoms. The number of halogens is 2. The first-order valence-electron chi connectivity index (χ1n) is 23.1. The maximum absolute atomic E-state index is 14.7. The first-order chi connectivity index (χ1) is 31.9. The second kappa shape index (κ2) is 16.3. The topological polar surface area (TPSA) is 33.5 Å². The van der Waals surface area contributed by atoms with Crippen LogP contribution in [0.1, 0.15) is 79.0 Å². The van der Waals surface area contributed by atoms with Gasteiger partial charge in [-0.05, 0) is 122 Å². The molecule has 2 aromatic heterocycles. The highest BCUT2D eigenvalue weighted by Gasteiger charge is 2.31. The number of pyridine rings is 1. The van der Waals surface area contributed by atoms with E-state index in [4.69, 9.17) is 9.72 Å². The van der Waals surface area contributed by atoms with Crippen LogP contribution in [0, 0.1) is 11.6 Å². The second-order valence-corrected chi connectivity index (χ2v) is 21.0. The molecule has 7 heteroatoms. The standard InChI is InChI=1S/C60H56F2N4O/c1-58(2,3)41-24-25-63-57(33-41)66-53-19-13-11-17-50(53)51-23-22-47(36-56(51)66)67-48-31-39(38-26-42(59(4,5)6)32-43(27-38)60(7,8)9)30-46(35-48)64-37-65(55-21-15-14-20-54(55)64)52-18-12-10-16-49(52)40-28-44(61)34-45(62)29-40/h10-36H,37H2,1-9H3. The van der Waals surface area contributed by atoms with E-state index >= 15 is 0 Å². The number of ether oxygens (including phenoxy) is 1. The van der Waals surface area contributed by atoms with Gasteiger partial charge in [0.1, 0.15) is 35.6 Å². The van der Waals surface area contributed by atoms with Crippen LogP contribution in [0.4, 0.5) is 31.5 Å². The molecule has 0 bridgehead atoms. The molecule has 1 aliphatic rings. The lowest BCUT2D eigenvalue weighted by Gasteiger charge is -2.27. The first kappa shape index (κ1) is 43.6. The summed E-state index contributed by atoms with van der Waals surface area (Å²) in [6, 6.07) is 52.4. The average Bonchev–Trinajstić information content (AvgIpc) is 3.84. The Labute approximate surface area is 392 Å². The molecule has 336 valence electrons. The van der Waals surface area contributed by atoms with Crippen LogP contribution in [0.15, 0.2) is 164 Å². The molecule has 10 rings (SSSR count). The van der Waals surface area contributed by atoms with E-state index in [0.29, 0.717) is 23.7 Å². The van der Waals surface area contributed by atoms with Crippen molar-refractivity contribution in [2.24, 2.45) is 0 Å². The zero-order chi connectivity index (χ0) is 47.0. The lowest BCUT2D eigenvalue weighted by atomic mass is 9.79. The molecule has 3 heterocycles. The van der Waals surface area contributed by atoms with Crippen LogP contribution in [0.2, 0.25) is 0 Å². The lowest BCUT2D eigenvalue weighted by Crippen LogP contribution is -2.24. The summed E-state index contributed by atoms with van der Waals surface area (Å²) in [5.41, 5.74) is 12.7. The molecule has 0 saturated heterocycles. The molecular formula is C60H56F2N4O. The highest BCUT2D eigenvalue weighted by molar-refractivity contribution is 6.09. The van der Waals surface area contributed by atoms with Crippen LogP contribution in [-0.4, -0.2) is 16.2 Å². The molecule has 0 atom stereocenters. The lowest BCUT2D eigenvalue weighted by molar-refractivity contribution is 0.483. The van der Waals surface area contributed by atoms with Gasteiger partial charge < -0.3 is 14.5 Å². The Hall–Kier alpha value is -7.25. The number of fused-ring (bicyclic) bond motifs is 4. The van der Waals surface area contributed by atoms with Crippen molar-refractivity contribution in [2.45, 2.75) is 78.6 Å². The Bertz CT molecular complexity index is 3310. The van der Waals surface area contributed by atoms with Crippen molar-refractivity contribution in [1.82, 2.24) is 9.55 Å². The molecule has 1 aliphatic heterocycles. The van der Waals surface area contributed by atoms with Gasteiger partial charge in [0.2, 0.25) is 0 Å². The van der Waals surface area contributed by atoms with Crippen molar-refractivity contribution in [3.05, 3.63) is 192 Å². The predicted octanol–water partition coefficient (Wildman–Crippen LogP) is 16.7. The van der Waals surface area contributed by atoms with Crippen LogP contribution in [-0.2, 0) is 16.2 Å². The van der Waals surface area contributed by atoms with Crippen LogP contribution in [0.25, 0.3) is 49.9 Å². The number of rotatable bonds is 7. The van der Waals surface area contributed by atoms with E-state index < -0.39 is 11.6 Å². The van der Waals surface area contributed by atoms with E-state index in [1.165, 1.54) is 28.8 Å². The summed E-state index contributed by atoms with van der Waals surface area (Å²) in [5, 5.41) is 2.26. The third-order valence-electron chi connectivity index (χ3n) is 13.0. The monoisotopic (exact) mass is 886 g/mol. The zero-order valence-electron chi connectivity index (χ0n) is 39.7. The van der Waals surface area contributed by atoms with E-state index in [0.717, 1.165) is 73.1 Å². The number of aromatic nitrogens is 2. The van der Waals surface area contributed by atoms with Gasteiger partial charge in [0, 0.05) is 46.4 Å². The second-order valence-electron chi connectivity index (χ2n) is 21.0. The average molecular weight is 887 g/mol. The first-order valence-corrected chi connectivity index (χ1v) is 23.1. The van der Waals surface area contributed by atoms with E-state index in [9.17, 15) is 8.78 Å². The molecule has 0 aliphatic carbocycles. The third kappa shape index (κ3) is 8.33. The molecule has 0 spiro atoms. The van der Waals surface area contributed by atoms with Crippen molar-refractivity contribution in [1.29, 1.82) is 0 Å². The van der Waals surface area contributed by atoms with Crippen LogP contribution in [0.5, 0.6) is 11.5 Å². The van der Waals surface area contributed by atoms with Crippen molar-refractivity contribution in [3.8, 4) is 39.6 Å². The van der Waals surface area contributed by atoms with E-state index in [1.54, 1.807) is 0 Å². The minimum Gasteiger partial charge on any atom is -0.457 e. The smallest absolute Gasteiger partial charge is 0.137 e. The zero-order valence-corrected chi connectivity index (χ0v) is 39.7. The fourth-order valence-electron chi connectivity index (χ4n) is 9.33. The highest BCUT2D eigenvalue weighted by atomic mass is 19.1. The van der Waals surface area contributed by atoms with Crippen molar-refractivity contribution >= 4 is 44.6 Å². The van der Waals surface area contributed by atoms with Gasteiger partial charge in [0.15, 0.2) is 0 Å². The molecule has 0 unspecified atom stereocenters. The number of benzene rings is 7. The summed E-state index contributed by atoms with van der Waals surface area (Å²) in [4.78, 5) is 9.42. The quantitative estimate of drug-likeness (QED) is 0.160. The normalized spacial score (nSPS) is 13.2. The Balaban J connectivity index is 1.13. The molecule has 0 fully saturated rings. The molecule has 0 radical (unpaired) electrons. The summed E-state index contributed by atoms with van der Waals surface area (Å²) in [7, 11) is 0. The molecule has 0 N–H and O–H groups in total. The Morgan fingerprint density at radius 1 is 0.463 bits per heavy atom. The molecule has 0 amide bonds. The summed E-state index contributed by atoms with van der Waals surface area (Å²) in [6.45, 7) is 20.7. The number of hydrogen-bond acceptors (Lipinski definition) is 4. The van der Waals surface area contributed by atoms with Gasteiger partial charge in [-0.25, -0.2) is 13.8 Å². The van der Waals surface area contributed by atoms with E-state index in [1.807, 2.05) is 42.6 Å². The summed E-state index contributed by atoms with van der Waals surface area (Å²) < 4.78 is 38.7. The van der Waals surface area contributed by atoms with Gasteiger partial charge >= 0.3 is 0 Å². The molecule has 9 aromatic rings. The van der Waals surface area contributed by atoms with E-state index in [2.05, 4.69) is 180 Å². The highest BCUT2D eigenvalue weighted by Crippen LogP contribution is 2.49. The van der Waals surface area contributed by atoms with Gasteiger partial charge in [0.05, 0.1) is 28.1 Å². The maximum Gasteiger partial charge on any atom is 0.137 e. The third-order valence-corrected chi connectivity index (χ3v) is 13.0. The van der Waals surface area contributed by atoms with Crippen molar-refractivity contribution < 1.29 is 13.5 Å². The van der Waals surface area contributed by atoms with Gasteiger partial charge in [-0.2, -0.15) is 0 Å². The molecular weight excluding hydrogens is 831 g/mol. The largest absolute Gasteiger partial charge is 0.457 e.